The van der Waals surface area contributed by atoms with Gasteiger partial charge >= 0.3 is 6.03 Å². The number of carbonyl (C=O) groups excluding carboxylic acids is 2. The Morgan fingerprint density at radius 2 is 1.71 bits per heavy atom. The van der Waals surface area contributed by atoms with Crippen LogP contribution in [0.15, 0.2) is 53.9 Å². The number of benzene rings is 2. The van der Waals surface area contributed by atoms with E-state index in [1.807, 2.05) is 24.3 Å². The van der Waals surface area contributed by atoms with Crippen molar-refractivity contribution in [1.29, 1.82) is 0 Å². The van der Waals surface area contributed by atoms with Gasteiger partial charge in [-0.15, -0.1) is 11.3 Å². The van der Waals surface area contributed by atoms with Gasteiger partial charge in [0.2, 0.25) is 0 Å². The van der Waals surface area contributed by atoms with Crippen LogP contribution < -0.4 is 20.7 Å². The zero-order chi connectivity index (χ0) is 24.6. The summed E-state index contributed by atoms with van der Waals surface area (Å²) in [5, 5.41) is 12.1. The van der Waals surface area contributed by atoms with Crippen molar-refractivity contribution in [2.45, 2.75) is 57.7 Å². The molecule has 35 heavy (non-hydrogen) atoms. The standard InChI is InChI=1S/C26H29ClN4O3S/c1-2-17-7-11-19(12-8-17)28-26(33)31-22-6-4-3-5-21(22)30-25(32)23-16-35-24(29-23)15-34-20-13-9-18(27)10-14-20/h7-14,16,21-22H,2-6,15H2,1H3,(H,30,32)(H2,28,31,33). The zero-order valence-corrected chi connectivity index (χ0v) is 21.1. The molecule has 7 nitrogen and oxygen atoms in total. The summed E-state index contributed by atoms with van der Waals surface area (Å²) in [7, 11) is 0. The molecule has 0 saturated heterocycles. The van der Waals surface area contributed by atoms with Gasteiger partial charge in [0.15, 0.2) is 0 Å². The van der Waals surface area contributed by atoms with Crippen molar-refractivity contribution in [3.8, 4) is 5.75 Å². The Hall–Kier alpha value is -3.10. The first-order valence-corrected chi connectivity index (χ1v) is 13.1. The predicted octanol–water partition coefficient (Wildman–Crippen LogP) is 5.80. The molecule has 0 aliphatic heterocycles. The maximum atomic E-state index is 12.9. The third-order valence-corrected chi connectivity index (χ3v) is 7.05. The lowest BCUT2D eigenvalue weighted by atomic mass is 9.90. The lowest BCUT2D eigenvalue weighted by Gasteiger charge is -2.32. The number of hydrogen-bond acceptors (Lipinski definition) is 5. The Bertz CT molecular complexity index is 1130. The summed E-state index contributed by atoms with van der Waals surface area (Å²) in [5.41, 5.74) is 2.31. The van der Waals surface area contributed by atoms with Gasteiger partial charge in [-0.25, -0.2) is 9.78 Å². The van der Waals surface area contributed by atoms with Crippen molar-refractivity contribution in [2.24, 2.45) is 0 Å². The lowest BCUT2D eigenvalue weighted by molar-refractivity contribution is 0.0911. The fourth-order valence-corrected chi connectivity index (χ4v) is 4.85. The van der Waals surface area contributed by atoms with Gasteiger partial charge in [0.05, 0.1) is 6.04 Å². The first-order valence-electron chi connectivity index (χ1n) is 11.8. The number of thiazole rings is 1. The normalized spacial score (nSPS) is 17.4. The molecule has 3 N–H and O–H groups in total. The SMILES string of the molecule is CCc1ccc(NC(=O)NC2CCCCC2NC(=O)c2csc(COc3ccc(Cl)cc3)n2)cc1. The van der Waals surface area contributed by atoms with Gasteiger partial charge in [0.1, 0.15) is 23.1 Å². The smallest absolute Gasteiger partial charge is 0.319 e. The van der Waals surface area contributed by atoms with Crippen molar-refractivity contribution in [3.63, 3.8) is 0 Å². The summed E-state index contributed by atoms with van der Waals surface area (Å²) in [4.78, 5) is 29.9. The Kier molecular flexibility index (Phi) is 8.60. The quantitative estimate of drug-likeness (QED) is 0.355. The van der Waals surface area contributed by atoms with Crippen molar-refractivity contribution in [2.75, 3.05) is 5.32 Å². The number of rotatable bonds is 8. The number of amides is 3. The molecule has 0 radical (unpaired) electrons. The highest BCUT2D eigenvalue weighted by Crippen LogP contribution is 2.21. The zero-order valence-electron chi connectivity index (χ0n) is 19.6. The number of anilines is 1. The van der Waals surface area contributed by atoms with Crippen LogP contribution in [0.4, 0.5) is 10.5 Å². The molecular formula is C26H29ClN4O3S. The summed E-state index contributed by atoms with van der Waals surface area (Å²) >= 11 is 7.27. The molecule has 3 amide bonds. The second-order valence-corrected chi connectivity index (χ2v) is 9.87. The minimum absolute atomic E-state index is 0.144. The highest BCUT2D eigenvalue weighted by atomic mass is 35.5. The van der Waals surface area contributed by atoms with Crippen LogP contribution in [0.1, 0.15) is 53.7 Å². The highest BCUT2D eigenvalue weighted by Gasteiger charge is 2.28. The monoisotopic (exact) mass is 512 g/mol. The van der Waals surface area contributed by atoms with E-state index in [-0.39, 0.29) is 30.6 Å². The van der Waals surface area contributed by atoms with Crippen LogP contribution in [-0.2, 0) is 13.0 Å². The van der Waals surface area contributed by atoms with E-state index in [0.717, 1.165) is 37.8 Å². The fraction of sp³-hybridized carbons (Fsp3) is 0.346. The van der Waals surface area contributed by atoms with Gasteiger partial charge in [-0.2, -0.15) is 0 Å². The van der Waals surface area contributed by atoms with Crippen molar-refractivity contribution < 1.29 is 14.3 Å². The van der Waals surface area contributed by atoms with Crippen LogP contribution in [0.2, 0.25) is 5.02 Å². The van der Waals surface area contributed by atoms with Crippen LogP contribution in [0.5, 0.6) is 5.75 Å². The first-order chi connectivity index (χ1) is 17.0. The number of carbonyl (C=O) groups is 2. The van der Waals surface area contributed by atoms with Crippen molar-refractivity contribution in [3.05, 3.63) is 75.2 Å². The van der Waals surface area contributed by atoms with Crippen molar-refractivity contribution in [1.82, 2.24) is 15.6 Å². The molecule has 1 aliphatic carbocycles. The molecule has 2 unspecified atom stereocenters. The van der Waals surface area contributed by atoms with Gasteiger partial charge in [-0.05, 0) is 61.2 Å². The van der Waals surface area contributed by atoms with Crippen molar-refractivity contribution >= 4 is 40.6 Å². The molecule has 1 heterocycles. The van der Waals surface area contributed by atoms with E-state index in [0.29, 0.717) is 21.5 Å². The number of nitrogens with one attached hydrogen (secondary N) is 3. The van der Waals surface area contributed by atoms with Gasteiger partial charge in [0.25, 0.3) is 5.91 Å². The molecule has 3 aromatic rings. The molecule has 1 saturated carbocycles. The van der Waals surface area contributed by atoms with Crippen LogP contribution in [0.25, 0.3) is 0 Å². The predicted molar refractivity (Wildman–Crippen MR) is 139 cm³/mol. The second-order valence-electron chi connectivity index (χ2n) is 8.49. The van der Waals surface area contributed by atoms with Crippen LogP contribution in [0, 0.1) is 0 Å². The maximum absolute atomic E-state index is 12.9. The van der Waals surface area contributed by atoms with E-state index in [9.17, 15) is 9.59 Å². The molecule has 1 aromatic heterocycles. The van der Waals surface area contributed by atoms with Gasteiger partial charge in [-0.1, -0.05) is 43.5 Å². The van der Waals surface area contributed by atoms with E-state index in [4.69, 9.17) is 16.3 Å². The third-order valence-electron chi connectivity index (χ3n) is 5.98. The largest absolute Gasteiger partial charge is 0.486 e. The molecule has 184 valence electrons. The van der Waals surface area contributed by atoms with E-state index in [1.54, 1.807) is 29.6 Å². The third kappa shape index (κ3) is 7.19. The number of hydrogen-bond donors (Lipinski definition) is 3. The highest BCUT2D eigenvalue weighted by molar-refractivity contribution is 7.09. The fourth-order valence-electron chi connectivity index (χ4n) is 4.04. The second kappa shape index (κ2) is 12.0. The summed E-state index contributed by atoms with van der Waals surface area (Å²) in [6.07, 6.45) is 4.57. The number of aromatic nitrogens is 1. The number of ether oxygens (including phenoxy) is 1. The molecule has 4 rings (SSSR count). The average molecular weight is 513 g/mol. The number of aryl methyl sites for hydroxylation is 1. The number of urea groups is 1. The summed E-state index contributed by atoms with van der Waals surface area (Å²) in [5.74, 6) is 0.444. The van der Waals surface area contributed by atoms with E-state index in [1.165, 1.54) is 16.9 Å². The first kappa shape index (κ1) is 25.0. The minimum atomic E-state index is -0.268. The van der Waals surface area contributed by atoms with Crippen LogP contribution in [-0.4, -0.2) is 29.0 Å². The molecule has 0 spiro atoms. The molecule has 2 aromatic carbocycles. The number of nitrogens with zero attached hydrogens (tertiary/aromatic N) is 1. The maximum Gasteiger partial charge on any atom is 0.319 e. The Balaban J connectivity index is 1.29. The Labute approximate surface area is 214 Å². The summed E-state index contributed by atoms with van der Waals surface area (Å²) in [6.45, 7) is 2.36. The topological polar surface area (TPSA) is 92.4 Å². The Morgan fingerprint density at radius 3 is 2.40 bits per heavy atom. The molecule has 0 bridgehead atoms. The minimum Gasteiger partial charge on any atom is -0.486 e. The van der Waals surface area contributed by atoms with Gasteiger partial charge in [0, 0.05) is 22.1 Å². The molecule has 1 fully saturated rings. The molecule has 1 aliphatic rings. The van der Waals surface area contributed by atoms with Crippen LogP contribution >= 0.6 is 22.9 Å². The Morgan fingerprint density at radius 1 is 1.03 bits per heavy atom. The summed E-state index contributed by atoms with van der Waals surface area (Å²) in [6, 6.07) is 14.3. The lowest BCUT2D eigenvalue weighted by Crippen LogP contribution is -2.54. The average Bonchev–Trinajstić information content (AvgIpc) is 3.35. The van der Waals surface area contributed by atoms with E-state index in [2.05, 4.69) is 27.9 Å². The van der Waals surface area contributed by atoms with Crippen LogP contribution in [0.3, 0.4) is 0 Å². The number of halogens is 1. The summed E-state index contributed by atoms with van der Waals surface area (Å²) < 4.78 is 5.72. The molecule has 9 heteroatoms. The van der Waals surface area contributed by atoms with Gasteiger partial charge in [-0.3, -0.25) is 4.79 Å². The molecule has 2 atom stereocenters. The van der Waals surface area contributed by atoms with E-state index >= 15 is 0 Å². The van der Waals surface area contributed by atoms with E-state index < -0.39 is 0 Å². The molecular weight excluding hydrogens is 484 g/mol. The van der Waals surface area contributed by atoms with Gasteiger partial charge < -0.3 is 20.7 Å².